The van der Waals surface area contributed by atoms with Crippen LogP contribution in [0.2, 0.25) is 0 Å². The number of rotatable bonds is 2. The number of hydrogen-bond acceptors (Lipinski definition) is 3. The minimum absolute atomic E-state index is 0.0558. The number of fused-ring (bicyclic) bond motifs is 1. The van der Waals surface area contributed by atoms with Crippen LogP contribution in [0.3, 0.4) is 0 Å². The first kappa shape index (κ1) is 10.6. The second-order valence-corrected chi connectivity index (χ2v) is 3.63. The van der Waals surface area contributed by atoms with Crippen LogP contribution >= 0.6 is 0 Å². The third kappa shape index (κ3) is 1.54. The van der Waals surface area contributed by atoms with Gasteiger partial charge in [0, 0.05) is 16.7 Å². The molecule has 0 fully saturated rings. The van der Waals surface area contributed by atoms with Crippen molar-refractivity contribution >= 4 is 11.6 Å². The van der Waals surface area contributed by atoms with Crippen LogP contribution in [0.5, 0.6) is 5.75 Å². The highest BCUT2D eigenvalue weighted by molar-refractivity contribution is 6.24. The number of Topliss-reactive ketones (excluding diaryl/α,β-unsaturated/α-hetero) is 1. The molecule has 3 heteroatoms. The second kappa shape index (κ2) is 3.93. The maximum Gasteiger partial charge on any atom is 0.189 e. The lowest BCUT2D eigenvalue weighted by molar-refractivity contribution is 0.0982. The van der Waals surface area contributed by atoms with Gasteiger partial charge in [-0.1, -0.05) is 6.92 Å². The summed E-state index contributed by atoms with van der Waals surface area (Å²) in [5.41, 5.74) is 1.48. The summed E-state index contributed by atoms with van der Waals surface area (Å²) in [4.78, 5) is 23.7. The van der Waals surface area contributed by atoms with Gasteiger partial charge in [0.1, 0.15) is 5.75 Å². The summed E-state index contributed by atoms with van der Waals surface area (Å²) in [5.74, 6) is 0.415. The molecule has 0 N–H and O–H groups in total. The van der Waals surface area contributed by atoms with Gasteiger partial charge < -0.3 is 4.74 Å². The van der Waals surface area contributed by atoms with Gasteiger partial charge in [-0.15, -0.1) is 0 Å². The standard InChI is InChI=1S/C13H12O3/c1-3-8-6-12(14)11-7-9(16-2)4-5-10(11)13(8)15/h4-7H,3H2,1-2H3. The van der Waals surface area contributed by atoms with Gasteiger partial charge >= 0.3 is 0 Å². The summed E-state index contributed by atoms with van der Waals surface area (Å²) in [7, 11) is 1.53. The van der Waals surface area contributed by atoms with Crippen LogP contribution in [0.15, 0.2) is 29.8 Å². The third-order valence-electron chi connectivity index (χ3n) is 2.71. The Kier molecular flexibility index (Phi) is 2.60. The molecule has 0 saturated carbocycles. The van der Waals surface area contributed by atoms with Gasteiger partial charge in [0.15, 0.2) is 11.6 Å². The highest BCUT2D eigenvalue weighted by atomic mass is 16.5. The summed E-state index contributed by atoms with van der Waals surface area (Å²) in [6, 6.07) is 4.96. The molecule has 0 spiro atoms. The number of benzene rings is 1. The van der Waals surface area contributed by atoms with Crippen molar-refractivity contribution in [3.8, 4) is 5.75 Å². The van der Waals surface area contributed by atoms with Crippen LogP contribution in [0.4, 0.5) is 0 Å². The molecule has 0 aromatic heterocycles. The van der Waals surface area contributed by atoms with E-state index >= 15 is 0 Å². The molecule has 0 amide bonds. The fraction of sp³-hybridized carbons (Fsp3) is 0.231. The average molecular weight is 216 g/mol. The molecule has 0 heterocycles. The smallest absolute Gasteiger partial charge is 0.189 e. The Morgan fingerprint density at radius 2 is 1.94 bits per heavy atom. The lowest BCUT2D eigenvalue weighted by Gasteiger charge is -2.14. The number of allylic oxidation sites excluding steroid dienone is 2. The van der Waals surface area contributed by atoms with Crippen molar-refractivity contribution in [3.05, 3.63) is 41.0 Å². The molecule has 16 heavy (non-hydrogen) atoms. The fourth-order valence-corrected chi connectivity index (χ4v) is 1.79. The van der Waals surface area contributed by atoms with Crippen LogP contribution in [-0.2, 0) is 0 Å². The zero-order valence-corrected chi connectivity index (χ0v) is 9.24. The molecule has 2 rings (SSSR count). The molecule has 82 valence electrons. The Labute approximate surface area is 93.7 Å². The number of carbonyl (C=O) groups is 2. The minimum atomic E-state index is -0.120. The van der Waals surface area contributed by atoms with E-state index in [1.807, 2.05) is 6.92 Å². The Morgan fingerprint density at radius 1 is 1.19 bits per heavy atom. The van der Waals surface area contributed by atoms with Gasteiger partial charge in [0.05, 0.1) is 7.11 Å². The van der Waals surface area contributed by atoms with Gasteiger partial charge in [0.25, 0.3) is 0 Å². The number of carbonyl (C=O) groups excluding carboxylic acids is 2. The highest BCUT2D eigenvalue weighted by Gasteiger charge is 2.24. The third-order valence-corrected chi connectivity index (χ3v) is 2.71. The van der Waals surface area contributed by atoms with Crippen molar-refractivity contribution in [1.82, 2.24) is 0 Å². The predicted molar refractivity (Wildman–Crippen MR) is 60.0 cm³/mol. The van der Waals surface area contributed by atoms with Crippen molar-refractivity contribution in [2.75, 3.05) is 7.11 Å². The van der Waals surface area contributed by atoms with Crippen LogP contribution in [-0.4, -0.2) is 18.7 Å². The van der Waals surface area contributed by atoms with Crippen molar-refractivity contribution in [1.29, 1.82) is 0 Å². The zero-order valence-electron chi connectivity index (χ0n) is 9.24. The number of ketones is 2. The van der Waals surface area contributed by atoms with Crippen LogP contribution < -0.4 is 4.74 Å². The topological polar surface area (TPSA) is 43.4 Å². The molecular weight excluding hydrogens is 204 g/mol. The Morgan fingerprint density at radius 3 is 2.56 bits per heavy atom. The monoisotopic (exact) mass is 216 g/mol. The van der Waals surface area contributed by atoms with Gasteiger partial charge in [-0.25, -0.2) is 0 Å². The van der Waals surface area contributed by atoms with Gasteiger partial charge in [-0.2, -0.15) is 0 Å². The Balaban J connectivity index is 2.56. The van der Waals surface area contributed by atoms with Gasteiger partial charge in [-0.3, -0.25) is 9.59 Å². The number of ether oxygens (including phenoxy) is 1. The first-order valence-corrected chi connectivity index (χ1v) is 5.15. The number of hydrogen-bond donors (Lipinski definition) is 0. The van der Waals surface area contributed by atoms with E-state index in [1.165, 1.54) is 13.2 Å². The summed E-state index contributed by atoms with van der Waals surface area (Å²) in [6.45, 7) is 1.87. The van der Waals surface area contributed by atoms with E-state index in [2.05, 4.69) is 0 Å². The quantitative estimate of drug-likeness (QED) is 0.762. The summed E-state index contributed by atoms with van der Waals surface area (Å²) < 4.78 is 5.03. The molecule has 0 radical (unpaired) electrons. The van der Waals surface area contributed by atoms with Gasteiger partial charge in [0.2, 0.25) is 0 Å². The Bertz CT molecular complexity index is 498. The van der Waals surface area contributed by atoms with E-state index in [0.29, 0.717) is 28.9 Å². The van der Waals surface area contributed by atoms with Crippen LogP contribution in [0.1, 0.15) is 34.1 Å². The molecule has 0 unspecified atom stereocenters. The molecule has 1 aromatic carbocycles. The SMILES string of the molecule is CCC1=CC(=O)c2cc(OC)ccc2C1=O. The lowest BCUT2D eigenvalue weighted by atomic mass is 9.88. The molecule has 1 aromatic rings. The van der Waals surface area contributed by atoms with E-state index < -0.39 is 0 Å². The molecule has 1 aliphatic rings. The molecule has 0 bridgehead atoms. The summed E-state index contributed by atoms with van der Waals surface area (Å²) >= 11 is 0. The fourth-order valence-electron chi connectivity index (χ4n) is 1.79. The maximum absolute atomic E-state index is 11.9. The maximum atomic E-state index is 11.9. The first-order chi connectivity index (χ1) is 7.67. The number of methoxy groups -OCH3 is 1. The van der Waals surface area contributed by atoms with E-state index in [0.717, 1.165) is 0 Å². The second-order valence-electron chi connectivity index (χ2n) is 3.63. The van der Waals surface area contributed by atoms with E-state index in [4.69, 9.17) is 4.74 Å². The molecule has 0 saturated heterocycles. The van der Waals surface area contributed by atoms with Crippen LogP contribution in [0.25, 0.3) is 0 Å². The molecule has 1 aliphatic carbocycles. The lowest BCUT2D eigenvalue weighted by Crippen LogP contribution is -2.16. The molecule has 3 nitrogen and oxygen atoms in total. The minimum Gasteiger partial charge on any atom is -0.497 e. The summed E-state index contributed by atoms with van der Waals surface area (Å²) in [6.07, 6.45) is 2.00. The Hall–Kier alpha value is -1.90. The molecular formula is C13H12O3. The zero-order chi connectivity index (χ0) is 11.7. The average Bonchev–Trinajstić information content (AvgIpc) is 2.33. The predicted octanol–water partition coefficient (Wildman–Crippen LogP) is 2.41. The van der Waals surface area contributed by atoms with Crippen molar-refractivity contribution in [3.63, 3.8) is 0 Å². The first-order valence-electron chi connectivity index (χ1n) is 5.15. The van der Waals surface area contributed by atoms with E-state index in [1.54, 1.807) is 18.2 Å². The molecule has 0 atom stereocenters. The van der Waals surface area contributed by atoms with Crippen molar-refractivity contribution in [2.45, 2.75) is 13.3 Å². The largest absolute Gasteiger partial charge is 0.497 e. The van der Waals surface area contributed by atoms with E-state index in [9.17, 15) is 9.59 Å². The van der Waals surface area contributed by atoms with Crippen molar-refractivity contribution < 1.29 is 14.3 Å². The van der Waals surface area contributed by atoms with E-state index in [-0.39, 0.29) is 11.6 Å². The van der Waals surface area contributed by atoms with Gasteiger partial charge in [-0.05, 0) is 30.7 Å². The normalized spacial score (nSPS) is 14.5. The molecule has 0 aliphatic heterocycles. The van der Waals surface area contributed by atoms with Crippen molar-refractivity contribution in [2.24, 2.45) is 0 Å². The summed E-state index contributed by atoms with van der Waals surface area (Å²) in [5, 5.41) is 0. The highest BCUT2D eigenvalue weighted by Crippen LogP contribution is 2.26. The van der Waals surface area contributed by atoms with Crippen LogP contribution in [0, 0.1) is 0 Å².